The first-order valence-electron chi connectivity index (χ1n) is 7.17. The van der Waals surface area contributed by atoms with Gasteiger partial charge in [-0.15, -0.1) is 0 Å². The molecule has 23 heavy (non-hydrogen) atoms. The molecule has 0 aliphatic carbocycles. The van der Waals surface area contributed by atoms with Gasteiger partial charge < -0.3 is 19.4 Å². The van der Waals surface area contributed by atoms with E-state index < -0.39 is 0 Å². The highest BCUT2D eigenvalue weighted by atomic mass is 79.9. The van der Waals surface area contributed by atoms with Crippen LogP contribution in [0.4, 0.5) is 0 Å². The number of H-pyrrole nitrogens is 1. The molecule has 6 nitrogen and oxygen atoms in total. The molecule has 0 aromatic carbocycles. The average molecular weight is 377 g/mol. The van der Waals surface area contributed by atoms with Gasteiger partial charge in [0, 0.05) is 30.0 Å². The predicted molar refractivity (Wildman–Crippen MR) is 90.3 cm³/mol. The third-order valence-electron chi connectivity index (χ3n) is 3.80. The maximum Gasteiger partial charge on any atom is 0.354 e. The van der Waals surface area contributed by atoms with E-state index in [1.165, 1.54) is 7.11 Å². The molecule has 0 atom stereocenters. The third kappa shape index (κ3) is 3.16. The Morgan fingerprint density at radius 3 is 3.04 bits per heavy atom. The van der Waals surface area contributed by atoms with Crippen molar-refractivity contribution in [3.63, 3.8) is 0 Å². The Morgan fingerprint density at radius 2 is 2.26 bits per heavy atom. The molecule has 3 aromatic heterocycles. The highest BCUT2D eigenvalue weighted by Crippen LogP contribution is 2.15. The minimum Gasteiger partial charge on any atom is -0.464 e. The molecule has 0 spiro atoms. The van der Waals surface area contributed by atoms with Crippen LogP contribution in [0, 0.1) is 6.92 Å². The van der Waals surface area contributed by atoms with Crippen molar-refractivity contribution in [1.29, 1.82) is 0 Å². The van der Waals surface area contributed by atoms with Gasteiger partial charge in [-0.05, 0) is 46.1 Å². The van der Waals surface area contributed by atoms with E-state index >= 15 is 0 Å². The Labute approximate surface area is 142 Å². The van der Waals surface area contributed by atoms with E-state index in [1.54, 1.807) is 0 Å². The zero-order valence-corrected chi connectivity index (χ0v) is 14.5. The van der Waals surface area contributed by atoms with Crippen molar-refractivity contribution >= 4 is 27.5 Å². The van der Waals surface area contributed by atoms with E-state index in [9.17, 15) is 4.79 Å². The second kappa shape index (κ2) is 6.55. The van der Waals surface area contributed by atoms with Gasteiger partial charge in [0.15, 0.2) is 0 Å². The molecule has 0 radical (unpaired) electrons. The van der Waals surface area contributed by atoms with E-state index in [-0.39, 0.29) is 5.97 Å². The molecule has 0 amide bonds. The first-order chi connectivity index (χ1) is 11.1. The van der Waals surface area contributed by atoms with E-state index in [4.69, 9.17) is 4.74 Å². The molecule has 120 valence electrons. The summed E-state index contributed by atoms with van der Waals surface area (Å²) in [6.07, 6.45) is 5.69. The Kier molecular flexibility index (Phi) is 4.49. The summed E-state index contributed by atoms with van der Waals surface area (Å²) < 4.78 is 7.80. The van der Waals surface area contributed by atoms with Crippen LogP contribution in [0.1, 0.15) is 27.3 Å². The number of methoxy groups -OCH3 is 1. The molecule has 3 heterocycles. The minimum absolute atomic E-state index is 0.347. The smallest absolute Gasteiger partial charge is 0.354 e. The van der Waals surface area contributed by atoms with Gasteiger partial charge in [-0.2, -0.15) is 0 Å². The summed E-state index contributed by atoms with van der Waals surface area (Å²) in [6.45, 7) is 3.24. The lowest BCUT2D eigenvalue weighted by Gasteiger charge is -2.05. The van der Waals surface area contributed by atoms with E-state index in [0.717, 1.165) is 26.9 Å². The van der Waals surface area contributed by atoms with Crippen molar-refractivity contribution < 1.29 is 9.53 Å². The molecular formula is C16H17BrN4O2. The number of rotatable bonds is 5. The first kappa shape index (κ1) is 15.8. The number of fused-ring (bicyclic) bond motifs is 1. The molecule has 0 saturated heterocycles. The molecule has 3 rings (SSSR count). The van der Waals surface area contributed by atoms with Crippen molar-refractivity contribution in [2.45, 2.75) is 20.0 Å². The SMILES string of the molecule is COC(=O)c1[nH]cc(CNCc2cnc3ccc(Br)cn23)c1C. The number of nitrogens with one attached hydrogen (secondary N) is 2. The van der Waals surface area contributed by atoms with E-state index in [2.05, 4.69) is 31.2 Å². The summed E-state index contributed by atoms with van der Waals surface area (Å²) in [4.78, 5) is 18.9. The second-order valence-electron chi connectivity index (χ2n) is 5.23. The minimum atomic E-state index is -0.347. The van der Waals surface area contributed by atoms with Crippen LogP contribution in [0.3, 0.4) is 0 Å². The zero-order chi connectivity index (χ0) is 16.4. The third-order valence-corrected chi connectivity index (χ3v) is 4.27. The number of imidazole rings is 1. The number of aromatic amines is 1. The summed E-state index contributed by atoms with van der Waals surface area (Å²) in [5.74, 6) is -0.347. The van der Waals surface area contributed by atoms with Crippen LogP contribution in [0.15, 0.2) is 35.2 Å². The van der Waals surface area contributed by atoms with Gasteiger partial charge in [-0.1, -0.05) is 0 Å². The van der Waals surface area contributed by atoms with Crippen molar-refractivity contribution in [2.75, 3.05) is 7.11 Å². The number of ether oxygens (including phenoxy) is 1. The van der Waals surface area contributed by atoms with Gasteiger partial charge in [0.05, 0.1) is 19.0 Å². The molecule has 0 bridgehead atoms. The number of halogens is 1. The summed E-state index contributed by atoms with van der Waals surface area (Å²) in [5, 5.41) is 3.38. The van der Waals surface area contributed by atoms with Crippen LogP contribution in [-0.4, -0.2) is 27.4 Å². The van der Waals surface area contributed by atoms with Crippen molar-refractivity contribution in [1.82, 2.24) is 19.7 Å². The number of esters is 1. The summed E-state index contributed by atoms with van der Waals surface area (Å²) in [5.41, 5.74) is 4.44. The van der Waals surface area contributed by atoms with Crippen molar-refractivity contribution in [2.24, 2.45) is 0 Å². The zero-order valence-electron chi connectivity index (χ0n) is 12.9. The maximum absolute atomic E-state index is 11.6. The number of pyridine rings is 1. The fourth-order valence-electron chi connectivity index (χ4n) is 2.50. The number of hydrogen-bond donors (Lipinski definition) is 2. The van der Waals surface area contributed by atoms with Gasteiger partial charge in [0.1, 0.15) is 11.3 Å². The number of hydrogen-bond acceptors (Lipinski definition) is 4. The van der Waals surface area contributed by atoms with Crippen LogP contribution in [0.25, 0.3) is 5.65 Å². The van der Waals surface area contributed by atoms with Crippen LogP contribution in [0.2, 0.25) is 0 Å². The lowest BCUT2D eigenvalue weighted by molar-refractivity contribution is 0.0594. The number of carbonyl (C=O) groups excluding carboxylic acids is 1. The summed E-state index contributed by atoms with van der Waals surface area (Å²) in [6, 6.07) is 3.93. The lowest BCUT2D eigenvalue weighted by atomic mass is 10.1. The van der Waals surface area contributed by atoms with Crippen LogP contribution in [-0.2, 0) is 17.8 Å². The molecule has 0 unspecified atom stereocenters. The highest BCUT2D eigenvalue weighted by molar-refractivity contribution is 9.10. The molecule has 0 fully saturated rings. The maximum atomic E-state index is 11.6. The molecule has 0 saturated carbocycles. The average Bonchev–Trinajstić information content (AvgIpc) is 3.11. The standard InChI is InChI=1S/C16H17BrN4O2/c1-10-11(6-20-15(10)16(22)23-2)5-18-7-13-8-19-14-4-3-12(17)9-21(13)14/h3-4,6,8-9,18,20H,5,7H2,1-2H3. The molecule has 0 aliphatic heterocycles. The van der Waals surface area contributed by atoms with Crippen LogP contribution >= 0.6 is 15.9 Å². The molecule has 7 heteroatoms. The van der Waals surface area contributed by atoms with Crippen LogP contribution in [0.5, 0.6) is 0 Å². The van der Waals surface area contributed by atoms with E-state index in [0.29, 0.717) is 18.8 Å². The highest BCUT2D eigenvalue weighted by Gasteiger charge is 2.14. The van der Waals surface area contributed by atoms with Gasteiger partial charge in [-0.3, -0.25) is 0 Å². The molecule has 2 N–H and O–H groups in total. The van der Waals surface area contributed by atoms with Crippen molar-refractivity contribution in [3.05, 3.63) is 57.7 Å². The predicted octanol–water partition coefficient (Wildman–Crippen LogP) is 2.81. The van der Waals surface area contributed by atoms with Gasteiger partial charge in [-0.25, -0.2) is 9.78 Å². The monoisotopic (exact) mass is 376 g/mol. The molecular weight excluding hydrogens is 360 g/mol. The van der Waals surface area contributed by atoms with Gasteiger partial charge >= 0.3 is 5.97 Å². The fourth-order valence-corrected chi connectivity index (χ4v) is 2.83. The Bertz CT molecular complexity index is 853. The Hall–Kier alpha value is -2.12. The van der Waals surface area contributed by atoms with Crippen LogP contribution < -0.4 is 5.32 Å². The summed E-state index contributed by atoms with van der Waals surface area (Å²) >= 11 is 3.47. The van der Waals surface area contributed by atoms with Gasteiger partial charge in [0.25, 0.3) is 0 Å². The van der Waals surface area contributed by atoms with Crippen molar-refractivity contribution in [3.8, 4) is 0 Å². The second-order valence-corrected chi connectivity index (χ2v) is 6.15. The quantitative estimate of drug-likeness (QED) is 0.671. The number of nitrogens with zero attached hydrogens (tertiary/aromatic N) is 2. The molecule has 3 aromatic rings. The normalized spacial score (nSPS) is 11.1. The first-order valence-corrected chi connectivity index (χ1v) is 7.97. The largest absolute Gasteiger partial charge is 0.464 e. The number of carbonyl (C=O) groups is 1. The summed E-state index contributed by atoms with van der Waals surface area (Å²) in [7, 11) is 1.38. The topological polar surface area (TPSA) is 71.4 Å². The number of aromatic nitrogens is 3. The molecule has 0 aliphatic rings. The Balaban J connectivity index is 1.68. The fraction of sp³-hybridized carbons (Fsp3) is 0.250. The lowest BCUT2D eigenvalue weighted by Crippen LogP contribution is -2.14. The van der Waals surface area contributed by atoms with Gasteiger partial charge in [0.2, 0.25) is 0 Å². The van der Waals surface area contributed by atoms with E-state index in [1.807, 2.05) is 42.0 Å². The Morgan fingerprint density at radius 1 is 1.43 bits per heavy atom.